The number of carbonyl (C=O) groups is 1. The van der Waals surface area contributed by atoms with Gasteiger partial charge in [0.05, 0.1) is 5.69 Å². The molecule has 1 heterocycles. The number of carboxylic acid groups (broad SMARTS) is 1. The van der Waals surface area contributed by atoms with Gasteiger partial charge in [-0.3, -0.25) is 4.79 Å². The highest BCUT2D eigenvalue weighted by atomic mass is 32.2. The first-order chi connectivity index (χ1) is 6.83. The van der Waals surface area contributed by atoms with E-state index in [1.165, 1.54) is 18.7 Å². The van der Waals surface area contributed by atoms with Crippen LogP contribution in [0, 0.1) is 13.8 Å². The van der Waals surface area contributed by atoms with Gasteiger partial charge in [0.1, 0.15) is 11.3 Å². The summed E-state index contributed by atoms with van der Waals surface area (Å²) in [5.41, 5.74) is 5.11. The molecule has 0 spiro atoms. The molecule has 1 aromatic rings. The fourth-order valence-corrected chi connectivity index (χ4v) is 1.71. The number of hydrogen-bond acceptors (Lipinski definition) is 5. The van der Waals surface area contributed by atoms with Crippen LogP contribution in [0.3, 0.4) is 0 Å². The summed E-state index contributed by atoms with van der Waals surface area (Å²) < 4.78 is 5.29. The summed E-state index contributed by atoms with van der Waals surface area (Å²) in [6.07, 6.45) is 0. The molecular formula is C9H14N2O3S. The van der Waals surface area contributed by atoms with E-state index in [-0.39, 0.29) is 5.75 Å². The van der Waals surface area contributed by atoms with Crippen LogP contribution in [0.15, 0.2) is 9.64 Å². The molecule has 15 heavy (non-hydrogen) atoms. The molecule has 0 aromatic carbocycles. The molecule has 0 bridgehead atoms. The van der Waals surface area contributed by atoms with E-state index in [2.05, 4.69) is 4.98 Å². The Morgan fingerprint density at radius 2 is 2.27 bits per heavy atom. The monoisotopic (exact) mass is 230 g/mol. The Morgan fingerprint density at radius 3 is 2.67 bits per heavy atom. The first-order valence-electron chi connectivity index (χ1n) is 4.42. The minimum absolute atomic E-state index is 0.224. The SMILES string of the molecule is Cc1nc(SCC(C)(N)C(=O)O)oc1C. The first kappa shape index (κ1) is 12.1. The lowest BCUT2D eigenvalue weighted by atomic mass is 10.1. The van der Waals surface area contributed by atoms with E-state index in [0.29, 0.717) is 5.22 Å². The van der Waals surface area contributed by atoms with Gasteiger partial charge in [-0.1, -0.05) is 11.8 Å². The predicted octanol–water partition coefficient (Wildman–Crippen LogP) is 1.19. The van der Waals surface area contributed by atoms with Gasteiger partial charge in [-0.25, -0.2) is 4.98 Å². The third-order valence-electron chi connectivity index (χ3n) is 1.99. The quantitative estimate of drug-likeness (QED) is 0.755. The highest BCUT2D eigenvalue weighted by molar-refractivity contribution is 7.99. The molecule has 0 amide bonds. The van der Waals surface area contributed by atoms with E-state index in [1.807, 2.05) is 13.8 Å². The van der Waals surface area contributed by atoms with Gasteiger partial charge in [0.15, 0.2) is 0 Å². The molecular weight excluding hydrogens is 216 g/mol. The number of nitrogens with zero attached hydrogens (tertiary/aromatic N) is 1. The van der Waals surface area contributed by atoms with E-state index in [9.17, 15) is 4.79 Å². The second-order valence-corrected chi connectivity index (χ2v) is 4.56. The molecule has 0 saturated carbocycles. The zero-order valence-corrected chi connectivity index (χ0v) is 9.72. The van der Waals surface area contributed by atoms with Crippen LogP contribution in [0.4, 0.5) is 0 Å². The van der Waals surface area contributed by atoms with Crippen molar-refractivity contribution in [3.8, 4) is 0 Å². The van der Waals surface area contributed by atoms with E-state index in [1.54, 1.807) is 0 Å². The third-order valence-corrected chi connectivity index (χ3v) is 3.16. The summed E-state index contributed by atoms with van der Waals surface area (Å²) in [4.78, 5) is 14.8. The minimum atomic E-state index is -1.26. The molecule has 3 N–H and O–H groups in total. The summed E-state index contributed by atoms with van der Waals surface area (Å²) in [6, 6.07) is 0. The topological polar surface area (TPSA) is 89.3 Å². The van der Waals surface area contributed by atoms with Crippen LogP contribution in [-0.4, -0.2) is 27.4 Å². The van der Waals surface area contributed by atoms with Crippen molar-refractivity contribution in [2.45, 2.75) is 31.5 Å². The second kappa shape index (κ2) is 4.24. The highest BCUT2D eigenvalue weighted by Gasteiger charge is 2.28. The van der Waals surface area contributed by atoms with Crippen molar-refractivity contribution in [1.29, 1.82) is 0 Å². The number of thioether (sulfide) groups is 1. The number of carboxylic acids is 1. The highest BCUT2D eigenvalue weighted by Crippen LogP contribution is 2.23. The van der Waals surface area contributed by atoms with Crippen molar-refractivity contribution >= 4 is 17.7 Å². The molecule has 5 nitrogen and oxygen atoms in total. The summed E-state index contributed by atoms with van der Waals surface area (Å²) in [7, 11) is 0. The number of aromatic nitrogens is 1. The molecule has 0 fully saturated rings. The van der Waals surface area contributed by atoms with Crippen molar-refractivity contribution in [3.63, 3.8) is 0 Å². The largest absolute Gasteiger partial charge is 0.480 e. The van der Waals surface area contributed by atoms with Crippen LogP contribution in [0.2, 0.25) is 0 Å². The van der Waals surface area contributed by atoms with Crippen LogP contribution < -0.4 is 5.73 Å². The molecule has 0 aliphatic carbocycles. The second-order valence-electron chi connectivity index (χ2n) is 3.63. The van der Waals surface area contributed by atoms with Crippen molar-refractivity contribution in [1.82, 2.24) is 4.98 Å². The number of aryl methyl sites for hydroxylation is 2. The lowest BCUT2D eigenvalue weighted by Crippen LogP contribution is -2.47. The number of hydrogen-bond donors (Lipinski definition) is 2. The number of nitrogens with two attached hydrogens (primary N) is 1. The Kier molecular flexibility index (Phi) is 3.41. The predicted molar refractivity (Wildman–Crippen MR) is 56.9 cm³/mol. The standard InChI is InChI=1S/C9H14N2O3S/c1-5-6(2)14-8(11-5)15-4-9(3,10)7(12)13/h4,10H2,1-3H3,(H,12,13). The third kappa shape index (κ3) is 2.97. The van der Waals surface area contributed by atoms with E-state index in [0.717, 1.165) is 11.5 Å². The van der Waals surface area contributed by atoms with Crippen molar-refractivity contribution < 1.29 is 14.3 Å². The fourth-order valence-electron chi connectivity index (χ4n) is 0.778. The van der Waals surface area contributed by atoms with E-state index >= 15 is 0 Å². The molecule has 0 saturated heterocycles. The minimum Gasteiger partial charge on any atom is -0.480 e. The number of oxazole rings is 1. The maximum atomic E-state index is 10.7. The summed E-state index contributed by atoms with van der Waals surface area (Å²) >= 11 is 1.21. The van der Waals surface area contributed by atoms with Gasteiger partial charge in [-0.15, -0.1) is 0 Å². The maximum absolute atomic E-state index is 10.7. The Balaban J connectivity index is 2.61. The molecule has 0 radical (unpaired) electrons. The van der Waals surface area contributed by atoms with Crippen LogP contribution in [0.1, 0.15) is 18.4 Å². The smallest absolute Gasteiger partial charge is 0.324 e. The Labute approximate surface area is 92.1 Å². The zero-order valence-electron chi connectivity index (χ0n) is 8.90. The molecule has 6 heteroatoms. The van der Waals surface area contributed by atoms with Gasteiger partial charge in [0.25, 0.3) is 5.22 Å². The molecule has 0 aliphatic heterocycles. The van der Waals surface area contributed by atoms with Crippen LogP contribution >= 0.6 is 11.8 Å². The molecule has 84 valence electrons. The average molecular weight is 230 g/mol. The van der Waals surface area contributed by atoms with Gasteiger partial charge in [0.2, 0.25) is 0 Å². The van der Waals surface area contributed by atoms with E-state index in [4.69, 9.17) is 15.3 Å². The van der Waals surface area contributed by atoms with Gasteiger partial charge >= 0.3 is 5.97 Å². The summed E-state index contributed by atoms with van der Waals surface area (Å²) in [5, 5.41) is 9.25. The summed E-state index contributed by atoms with van der Waals surface area (Å²) in [5.74, 6) is -0.0663. The maximum Gasteiger partial charge on any atom is 0.324 e. The summed E-state index contributed by atoms with van der Waals surface area (Å²) in [6.45, 7) is 5.11. The molecule has 1 atom stereocenters. The molecule has 1 aromatic heterocycles. The van der Waals surface area contributed by atoms with Gasteiger partial charge in [-0.05, 0) is 20.8 Å². The Bertz CT molecular complexity index is 354. The number of aliphatic carboxylic acids is 1. The van der Waals surface area contributed by atoms with E-state index < -0.39 is 11.5 Å². The lowest BCUT2D eigenvalue weighted by molar-refractivity contribution is -0.141. The van der Waals surface area contributed by atoms with Crippen molar-refractivity contribution in [2.24, 2.45) is 5.73 Å². The van der Waals surface area contributed by atoms with Crippen LogP contribution in [0.5, 0.6) is 0 Å². The van der Waals surface area contributed by atoms with Gasteiger partial charge in [0, 0.05) is 5.75 Å². The lowest BCUT2D eigenvalue weighted by Gasteiger charge is -2.16. The average Bonchev–Trinajstić information content (AvgIpc) is 2.43. The van der Waals surface area contributed by atoms with Crippen LogP contribution in [-0.2, 0) is 4.79 Å². The Morgan fingerprint density at radius 1 is 1.67 bits per heavy atom. The Hall–Kier alpha value is -1.01. The van der Waals surface area contributed by atoms with Crippen molar-refractivity contribution in [3.05, 3.63) is 11.5 Å². The van der Waals surface area contributed by atoms with Gasteiger partial charge < -0.3 is 15.3 Å². The van der Waals surface area contributed by atoms with Crippen molar-refractivity contribution in [2.75, 3.05) is 5.75 Å². The molecule has 0 aliphatic rings. The molecule has 1 unspecified atom stereocenters. The fraction of sp³-hybridized carbons (Fsp3) is 0.556. The van der Waals surface area contributed by atoms with Gasteiger partial charge in [-0.2, -0.15) is 0 Å². The normalized spacial score (nSPS) is 14.9. The first-order valence-corrected chi connectivity index (χ1v) is 5.40. The molecule has 1 rings (SSSR count). The van der Waals surface area contributed by atoms with Crippen LogP contribution in [0.25, 0.3) is 0 Å². The zero-order chi connectivity index (χ0) is 11.6. The number of rotatable bonds is 4.